The molecule has 0 N–H and O–H groups in total. The van der Waals surface area contributed by atoms with Gasteiger partial charge in [0.15, 0.2) is 17.2 Å². The lowest BCUT2D eigenvalue weighted by molar-refractivity contribution is -0.274. The van der Waals surface area contributed by atoms with Crippen molar-refractivity contribution < 1.29 is 36.6 Å². The van der Waals surface area contributed by atoms with Gasteiger partial charge in [-0.05, 0) is 62.7 Å². The molecule has 12 heteroatoms. The van der Waals surface area contributed by atoms with Gasteiger partial charge in [0.05, 0.1) is 18.8 Å². The second-order valence-corrected chi connectivity index (χ2v) is 7.58. The lowest BCUT2D eigenvalue weighted by Gasteiger charge is -2.24. The molecule has 0 aliphatic rings. The number of esters is 1. The van der Waals surface area contributed by atoms with Crippen molar-refractivity contribution in [2.45, 2.75) is 39.3 Å². The smallest absolute Gasteiger partial charge is 0.473 e. The van der Waals surface area contributed by atoms with Gasteiger partial charge in [-0.3, -0.25) is 0 Å². The van der Waals surface area contributed by atoms with Crippen molar-refractivity contribution in [3.8, 4) is 17.2 Å². The molecule has 2 aromatic carbocycles. The third-order valence-corrected chi connectivity index (χ3v) is 4.54. The van der Waals surface area contributed by atoms with E-state index in [4.69, 9.17) is 9.47 Å². The van der Waals surface area contributed by atoms with Gasteiger partial charge in [-0.15, -0.1) is 13.2 Å². The predicted molar refractivity (Wildman–Crippen MR) is 111 cm³/mol. The van der Waals surface area contributed by atoms with Crippen molar-refractivity contribution in [1.82, 2.24) is 14.3 Å². The molecule has 0 unspecified atom stereocenters. The number of nitrogens with zero attached hydrogens (tertiary/aromatic N) is 3. The van der Waals surface area contributed by atoms with Gasteiger partial charge in [-0.1, -0.05) is 6.07 Å². The zero-order valence-electron chi connectivity index (χ0n) is 18.4. The zero-order valence-corrected chi connectivity index (χ0v) is 18.4. The summed E-state index contributed by atoms with van der Waals surface area (Å²) in [6.07, 6.45) is -3.63. The van der Waals surface area contributed by atoms with E-state index in [0.29, 0.717) is 5.56 Å². The van der Waals surface area contributed by atoms with E-state index >= 15 is 0 Å². The highest BCUT2D eigenvalue weighted by molar-refractivity contribution is 5.79. The maximum Gasteiger partial charge on any atom is 0.573 e. The van der Waals surface area contributed by atoms with Crippen molar-refractivity contribution in [2.24, 2.45) is 0 Å². The fourth-order valence-corrected chi connectivity index (χ4v) is 2.95. The predicted octanol–water partition coefficient (Wildman–Crippen LogP) is 3.84. The molecule has 1 aromatic heterocycles. The number of benzene rings is 2. The van der Waals surface area contributed by atoms with E-state index in [1.807, 2.05) is 0 Å². The van der Waals surface area contributed by atoms with Crippen LogP contribution in [0.2, 0.25) is 0 Å². The molecule has 0 saturated heterocycles. The summed E-state index contributed by atoms with van der Waals surface area (Å²) in [5.74, 6) is -1.99. The summed E-state index contributed by atoms with van der Waals surface area (Å²) in [6, 6.07) is 8.65. The van der Waals surface area contributed by atoms with E-state index in [9.17, 15) is 27.2 Å². The van der Waals surface area contributed by atoms with Crippen LogP contribution in [0, 0.1) is 5.82 Å². The van der Waals surface area contributed by atoms with Gasteiger partial charge in [0, 0.05) is 0 Å². The van der Waals surface area contributed by atoms with Gasteiger partial charge in [0.2, 0.25) is 0 Å². The normalized spacial score (nSPS) is 11.9. The molecule has 3 rings (SSSR count). The molecular weight excluding hydrogens is 462 g/mol. The quantitative estimate of drug-likeness (QED) is 0.358. The number of ether oxygens (including phenoxy) is 3. The van der Waals surface area contributed by atoms with Gasteiger partial charge in [-0.25, -0.2) is 23.2 Å². The molecular formula is C22H21F4N3O5. The number of aromatic nitrogens is 3. The first-order chi connectivity index (χ1) is 15.9. The largest absolute Gasteiger partial charge is 0.573 e. The van der Waals surface area contributed by atoms with Crippen LogP contribution in [0.25, 0.3) is 5.69 Å². The molecule has 0 spiro atoms. The Morgan fingerprint density at radius 3 is 2.32 bits per heavy atom. The second-order valence-electron chi connectivity index (χ2n) is 7.58. The monoisotopic (exact) mass is 483 g/mol. The number of hydrogen-bond donors (Lipinski definition) is 0. The molecule has 0 aliphatic carbocycles. The summed E-state index contributed by atoms with van der Waals surface area (Å²) < 4.78 is 67.8. The van der Waals surface area contributed by atoms with Crippen LogP contribution in [0.3, 0.4) is 0 Å². The van der Waals surface area contributed by atoms with Crippen molar-refractivity contribution in [3.63, 3.8) is 0 Å². The number of hydrogen-bond acceptors (Lipinski definition) is 6. The van der Waals surface area contributed by atoms with Gasteiger partial charge in [-0.2, -0.15) is 5.10 Å². The molecule has 3 aromatic rings. The Hall–Kier alpha value is -3.83. The minimum absolute atomic E-state index is 0.0838. The topological polar surface area (TPSA) is 84.6 Å². The summed E-state index contributed by atoms with van der Waals surface area (Å²) in [6.45, 7) is 4.61. The van der Waals surface area contributed by atoms with Crippen LogP contribution < -0.4 is 15.2 Å². The standard InChI is InChI=1S/C22H21F4N3O5/c1-4-32-19(30)21(2,3)34-18-10-5-14(11-17(18)23)12-29-20(31)28(13-27-29)15-6-8-16(9-7-15)33-22(24,25)26/h5-11,13H,4,12H2,1-3H3. The highest BCUT2D eigenvalue weighted by atomic mass is 19.4. The Balaban J connectivity index is 1.74. The van der Waals surface area contributed by atoms with E-state index in [1.54, 1.807) is 6.92 Å². The maximum absolute atomic E-state index is 14.6. The molecule has 182 valence electrons. The first kappa shape index (κ1) is 24.8. The van der Waals surface area contributed by atoms with Crippen LogP contribution in [0.15, 0.2) is 53.6 Å². The van der Waals surface area contributed by atoms with Crippen LogP contribution in [-0.4, -0.2) is 38.9 Å². The number of carbonyl (C=O) groups excluding carboxylic acids is 1. The fraction of sp³-hybridized carbons (Fsp3) is 0.318. The van der Waals surface area contributed by atoms with Crippen LogP contribution in [0.4, 0.5) is 17.6 Å². The van der Waals surface area contributed by atoms with Crippen molar-refractivity contribution in [2.75, 3.05) is 6.61 Å². The molecule has 0 amide bonds. The first-order valence-corrected chi connectivity index (χ1v) is 10.0. The van der Waals surface area contributed by atoms with Gasteiger partial charge in [0.1, 0.15) is 12.1 Å². The number of halogens is 4. The summed E-state index contributed by atoms with van der Waals surface area (Å²) in [7, 11) is 0. The van der Waals surface area contributed by atoms with E-state index < -0.39 is 35.2 Å². The summed E-state index contributed by atoms with van der Waals surface area (Å²) in [5, 5.41) is 3.97. The average molecular weight is 483 g/mol. The lowest BCUT2D eigenvalue weighted by atomic mass is 10.1. The van der Waals surface area contributed by atoms with Crippen molar-refractivity contribution in [3.05, 3.63) is 70.7 Å². The molecule has 0 saturated carbocycles. The Morgan fingerprint density at radius 2 is 1.74 bits per heavy atom. The zero-order chi connectivity index (χ0) is 25.1. The SMILES string of the molecule is CCOC(=O)C(C)(C)Oc1ccc(Cn2ncn(-c3ccc(OC(F)(F)F)cc3)c2=O)cc1F. The van der Waals surface area contributed by atoms with Gasteiger partial charge in [0.25, 0.3) is 0 Å². The number of carbonyl (C=O) groups is 1. The Bertz CT molecular complexity index is 1220. The van der Waals surface area contributed by atoms with Crippen LogP contribution >= 0.6 is 0 Å². The van der Waals surface area contributed by atoms with Crippen LogP contribution in [0.5, 0.6) is 11.5 Å². The average Bonchev–Trinajstić information content (AvgIpc) is 3.10. The molecule has 0 aliphatic heterocycles. The first-order valence-electron chi connectivity index (χ1n) is 10.0. The maximum atomic E-state index is 14.6. The van der Waals surface area contributed by atoms with Gasteiger partial charge < -0.3 is 14.2 Å². The highest BCUT2D eigenvalue weighted by Crippen LogP contribution is 2.25. The Labute approximate surface area is 191 Å². The minimum Gasteiger partial charge on any atom is -0.473 e. The molecule has 0 fully saturated rings. The fourth-order valence-electron chi connectivity index (χ4n) is 2.95. The van der Waals surface area contributed by atoms with Crippen LogP contribution in [-0.2, 0) is 16.1 Å². The second kappa shape index (κ2) is 9.57. The van der Waals surface area contributed by atoms with Crippen LogP contribution in [0.1, 0.15) is 26.3 Å². The summed E-state index contributed by atoms with van der Waals surface area (Å²) in [4.78, 5) is 24.6. The summed E-state index contributed by atoms with van der Waals surface area (Å²) >= 11 is 0. The van der Waals surface area contributed by atoms with Gasteiger partial charge >= 0.3 is 18.0 Å². The molecule has 34 heavy (non-hydrogen) atoms. The molecule has 0 bridgehead atoms. The van der Waals surface area contributed by atoms with E-state index in [0.717, 1.165) is 27.4 Å². The Morgan fingerprint density at radius 1 is 1.06 bits per heavy atom. The van der Waals surface area contributed by atoms with Crippen molar-refractivity contribution in [1.29, 1.82) is 0 Å². The molecule has 0 atom stereocenters. The minimum atomic E-state index is -4.83. The molecule has 1 heterocycles. The van der Waals surface area contributed by atoms with E-state index in [2.05, 4.69) is 9.84 Å². The number of rotatable bonds is 8. The lowest BCUT2D eigenvalue weighted by Crippen LogP contribution is -2.40. The highest BCUT2D eigenvalue weighted by Gasteiger charge is 2.33. The van der Waals surface area contributed by atoms with E-state index in [1.165, 1.54) is 44.4 Å². The van der Waals surface area contributed by atoms with E-state index in [-0.39, 0.29) is 24.6 Å². The third kappa shape index (κ3) is 5.94. The molecule has 8 nitrogen and oxygen atoms in total. The molecule has 0 radical (unpaired) electrons. The third-order valence-electron chi connectivity index (χ3n) is 4.54. The Kier molecular flexibility index (Phi) is 6.99. The number of alkyl halides is 3. The van der Waals surface area contributed by atoms with Crippen molar-refractivity contribution >= 4 is 5.97 Å². The summed E-state index contributed by atoms with van der Waals surface area (Å²) in [5.41, 5.74) is -1.34.